The number of nitrogens with zero attached hydrogens (tertiary/aromatic N) is 1. The zero-order chi connectivity index (χ0) is 11.6. The Morgan fingerprint density at radius 3 is 2.81 bits per heavy atom. The van der Waals surface area contributed by atoms with Gasteiger partial charge in [-0.3, -0.25) is 0 Å². The number of thiazole rings is 1. The van der Waals surface area contributed by atoms with Crippen LogP contribution in [0.3, 0.4) is 0 Å². The standard InChI is InChI=1S/C12H20N2OS/c1-9-10(2)16-11(14-9)6-12(8-15)4-3-5-13-7-12/h13,15H,3-8H2,1-2H3. The summed E-state index contributed by atoms with van der Waals surface area (Å²) in [4.78, 5) is 5.87. The fourth-order valence-electron chi connectivity index (χ4n) is 2.31. The molecular weight excluding hydrogens is 220 g/mol. The lowest BCUT2D eigenvalue weighted by Crippen LogP contribution is -2.44. The Morgan fingerprint density at radius 1 is 1.50 bits per heavy atom. The third-order valence-corrected chi connectivity index (χ3v) is 4.57. The van der Waals surface area contributed by atoms with Crippen molar-refractivity contribution in [1.82, 2.24) is 10.3 Å². The average Bonchev–Trinajstić information content (AvgIpc) is 2.59. The molecule has 0 amide bonds. The van der Waals surface area contributed by atoms with E-state index in [1.165, 1.54) is 9.88 Å². The van der Waals surface area contributed by atoms with E-state index >= 15 is 0 Å². The normalized spacial score (nSPS) is 25.9. The van der Waals surface area contributed by atoms with Crippen molar-refractivity contribution >= 4 is 11.3 Å². The molecular formula is C12H20N2OS. The fourth-order valence-corrected chi connectivity index (χ4v) is 3.42. The quantitative estimate of drug-likeness (QED) is 0.844. The van der Waals surface area contributed by atoms with Crippen LogP contribution in [0.4, 0.5) is 0 Å². The van der Waals surface area contributed by atoms with Gasteiger partial charge in [0.1, 0.15) is 0 Å². The summed E-state index contributed by atoms with van der Waals surface area (Å²) in [6.07, 6.45) is 3.17. The second-order valence-electron chi connectivity index (χ2n) is 4.86. The summed E-state index contributed by atoms with van der Waals surface area (Å²) in [7, 11) is 0. The van der Waals surface area contributed by atoms with Crippen LogP contribution in [0.5, 0.6) is 0 Å². The molecule has 1 fully saturated rings. The van der Waals surface area contributed by atoms with E-state index in [1.54, 1.807) is 11.3 Å². The van der Waals surface area contributed by atoms with Crippen molar-refractivity contribution in [1.29, 1.82) is 0 Å². The zero-order valence-corrected chi connectivity index (χ0v) is 10.9. The first kappa shape index (κ1) is 12.0. The molecule has 1 unspecified atom stereocenters. The predicted molar refractivity (Wildman–Crippen MR) is 66.9 cm³/mol. The summed E-state index contributed by atoms with van der Waals surface area (Å²) < 4.78 is 0. The second kappa shape index (κ2) is 4.82. The maximum absolute atomic E-state index is 9.62. The van der Waals surface area contributed by atoms with E-state index in [4.69, 9.17) is 0 Å². The van der Waals surface area contributed by atoms with E-state index in [9.17, 15) is 5.11 Å². The van der Waals surface area contributed by atoms with E-state index in [0.717, 1.165) is 38.0 Å². The van der Waals surface area contributed by atoms with Gasteiger partial charge in [-0.2, -0.15) is 0 Å². The van der Waals surface area contributed by atoms with Crippen LogP contribution in [0.1, 0.15) is 28.4 Å². The van der Waals surface area contributed by atoms with Crippen LogP contribution in [-0.4, -0.2) is 29.8 Å². The average molecular weight is 240 g/mol. The number of piperidine rings is 1. The minimum absolute atomic E-state index is 0.0228. The SMILES string of the molecule is Cc1nc(CC2(CO)CCCNC2)sc1C. The molecule has 2 N–H and O–H groups in total. The van der Waals surface area contributed by atoms with E-state index in [2.05, 4.69) is 24.1 Å². The monoisotopic (exact) mass is 240 g/mol. The summed E-state index contributed by atoms with van der Waals surface area (Å²) in [6.45, 7) is 6.43. The van der Waals surface area contributed by atoms with Crippen molar-refractivity contribution in [3.8, 4) is 0 Å². The van der Waals surface area contributed by atoms with E-state index < -0.39 is 0 Å². The number of hydrogen-bond donors (Lipinski definition) is 2. The molecule has 1 aromatic rings. The van der Waals surface area contributed by atoms with Gasteiger partial charge < -0.3 is 10.4 Å². The Morgan fingerprint density at radius 2 is 2.31 bits per heavy atom. The number of nitrogens with one attached hydrogen (secondary N) is 1. The molecule has 3 nitrogen and oxygen atoms in total. The highest BCUT2D eigenvalue weighted by Gasteiger charge is 2.32. The number of aliphatic hydroxyl groups excluding tert-OH is 1. The first-order valence-corrected chi connectivity index (χ1v) is 6.71. The highest BCUT2D eigenvalue weighted by molar-refractivity contribution is 7.11. The molecule has 0 aromatic carbocycles. The molecule has 4 heteroatoms. The van der Waals surface area contributed by atoms with Crippen LogP contribution in [-0.2, 0) is 6.42 Å². The minimum atomic E-state index is 0.0228. The number of aromatic nitrogens is 1. The number of aliphatic hydroxyl groups is 1. The molecule has 1 atom stereocenters. The van der Waals surface area contributed by atoms with Crippen molar-refractivity contribution in [3.63, 3.8) is 0 Å². The van der Waals surface area contributed by atoms with Gasteiger partial charge in [-0.1, -0.05) is 0 Å². The third-order valence-electron chi connectivity index (χ3n) is 3.50. The largest absolute Gasteiger partial charge is 0.396 e. The van der Waals surface area contributed by atoms with Crippen molar-refractivity contribution in [2.75, 3.05) is 19.7 Å². The van der Waals surface area contributed by atoms with Crippen molar-refractivity contribution in [2.24, 2.45) is 5.41 Å². The van der Waals surface area contributed by atoms with Crippen LogP contribution in [0.2, 0.25) is 0 Å². The van der Waals surface area contributed by atoms with Gasteiger partial charge >= 0.3 is 0 Å². The highest BCUT2D eigenvalue weighted by atomic mass is 32.1. The van der Waals surface area contributed by atoms with E-state index in [1.807, 2.05) is 0 Å². The molecule has 1 aliphatic heterocycles. The van der Waals surface area contributed by atoms with Gasteiger partial charge in [0.2, 0.25) is 0 Å². The van der Waals surface area contributed by atoms with E-state index in [-0.39, 0.29) is 12.0 Å². The summed E-state index contributed by atoms with van der Waals surface area (Å²) in [5.41, 5.74) is 1.16. The molecule has 0 bridgehead atoms. The molecule has 0 aliphatic carbocycles. The Hall–Kier alpha value is -0.450. The molecule has 0 saturated carbocycles. The Kier molecular flexibility index (Phi) is 3.62. The smallest absolute Gasteiger partial charge is 0.0937 e. The first-order chi connectivity index (χ1) is 7.65. The van der Waals surface area contributed by atoms with Crippen molar-refractivity contribution in [2.45, 2.75) is 33.1 Å². The fraction of sp³-hybridized carbons (Fsp3) is 0.750. The summed E-state index contributed by atoms with van der Waals surface area (Å²) in [5.74, 6) is 0. The van der Waals surface area contributed by atoms with Crippen LogP contribution < -0.4 is 5.32 Å². The van der Waals surface area contributed by atoms with Gasteiger partial charge in [0.15, 0.2) is 0 Å². The zero-order valence-electron chi connectivity index (χ0n) is 10.0. The maximum Gasteiger partial charge on any atom is 0.0937 e. The van der Waals surface area contributed by atoms with Crippen molar-refractivity contribution in [3.05, 3.63) is 15.6 Å². The number of aryl methyl sites for hydroxylation is 2. The van der Waals surface area contributed by atoms with Crippen LogP contribution >= 0.6 is 11.3 Å². The topological polar surface area (TPSA) is 45.2 Å². The van der Waals surface area contributed by atoms with Gasteiger partial charge in [0.25, 0.3) is 0 Å². The summed E-state index contributed by atoms with van der Waals surface area (Å²) in [6, 6.07) is 0. The number of rotatable bonds is 3. The second-order valence-corrected chi connectivity index (χ2v) is 6.15. The van der Waals surface area contributed by atoms with Crippen LogP contribution in [0, 0.1) is 19.3 Å². The molecule has 2 rings (SSSR count). The summed E-state index contributed by atoms with van der Waals surface area (Å²) in [5, 5.41) is 14.2. The predicted octanol–water partition coefficient (Wildman–Crippen LogP) is 1.66. The lowest BCUT2D eigenvalue weighted by molar-refractivity contribution is 0.0947. The van der Waals surface area contributed by atoms with Gasteiger partial charge in [-0.25, -0.2) is 4.98 Å². The van der Waals surface area contributed by atoms with Crippen LogP contribution in [0.25, 0.3) is 0 Å². The Labute approximate surface area is 101 Å². The van der Waals surface area contributed by atoms with Gasteiger partial charge in [0.05, 0.1) is 17.3 Å². The first-order valence-electron chi connectivity index (χ1n) is 5.90. The third kappa shape index (κ3) is 2.44. The minimum Gasteiger partial charge on any atom is -0.396 e. The molecule has 0 spiro atoms. The van der Waals surface area contributed by atoms with E-state index in [0.29, 0.717) is 0 Å². The van der Waals surface area contributed by atoms with Crippen molar-refractivity contribution < 1.29 is 5.11 Å². The Bertz CT molecular complexity index is 336. The number of hydrogen-bond acceptors (Lipinski definition) is 4. The lowest BCUT2D eigenvalue weighted by Gasteiger charge is -2.35. The summed E-state index contributed by atoms with van der Waals surface area (Å²) >= 11 is 1.77. The molecule has 90 valence electrons. The van der Waals surface area contributed by atoms with Gasteiger partial charge in [-0.05, 0) is 33.2 Å². The molecule has 1 saturated heterocycles. The Balaban J connectivity index is 2.11. The van der Waals surface area contributed by atoms with Gasteiger partial charge in [0, 0.05) is 23.3 Å². The van der Waals surface area contributed by atoms with Gasteiger partial charge in [-0.15, -0.1) is 11.3 Å². The highest BCUT2D eigenvalue weighted by Crippen LogP contribution is 2.32. The molecule has 0 radical (unpaired) electrons. The lowest BCUT2D eigenvalue weighted by atomic mass is 9.79. The van der Waals surface area contributed by atoms with Crippen LogP contribution in [0.15, 0.2) is 0 Å². The molecule has 1 aromatic heterocycles. The molecule has 2 heterocycles. The molecule has 16 heavy (non-hydrogen) atoms. The maximum atomic E-state index is 9.62. The molecule has 1 aliphatic rings.